The number of furan rings is 1. The lowest BCUT2D eigenvalue weighted by Crippen LogP contribution is -2.03. The van der Waals surface area contributed by atoms with E-state index in [2.05, 4.69) is 6.92 Å². The van der Waals surface area contributed by atoms with E-state index in [-0.39, 0.29) is 5.78 Å². The van der Waals surface area contributed by atoms with Crippen LogP contribution in [0.15, 0.2) is 28.7 Å². The Hall–Kier alpha value is -1.83. The summed E-state index contributed by atoms with van der Waals surface area (Å²) in [5.74, 6) is 1.24. The highest BCUT2D eigenvalue weighted by Gasteiger charge is 2.16. The lowest BCUT2D eigenvalue weighted by atomic mass is 9.97. The molecule has 0 saturated heterocycles. The first kappa shape index (κ1) is 12.6. The Morgan fingerprint density at radius 1 is 1.06 bits per heavy atom. The zero-order chi connectivity index (χ0) is 13.3. The van der Waals surface area contributed by atoms with Crippen molar-refractivity contribution in [3.8, 4) is 0 Å². The largest absolute Gasteiger partial charge is 0.458 e. The minimum Gasteiger partial charge on any atom is -0.458 e. The number of aryl methyl sites for hydroxylation is 4. The Kier molecular flexibility index (Phi) is 3.37. The molecule has 0 N–H and O–H groups in total. The third-order valence-electron chi connectivity index (χ3n) is 3.32. The van der Waals surface area contributed by atoms with Crippen molar-refractivity contribution >= 4 is 5.78 Å². The van der Waals surface area contributed by atoms with Crippen molar-refractivity contribution in [3.05, 3.63) is 58.0 Å². The van der Waals surface area contributed by atoms with E-state index < -0.39 is 0 Å². The molecule has 1 heterocycles. The van der Waals surface area contributed by atoms with Crippen LogP contribution in [0.4, 0.5) is 0 Å². The molecule has 0 fully saturated rings. The van der Waals surface area contributed by atoms with Crippen LogP contribution < -0.4 is 0 Å². The second-order valence-electron chi connectivity index (χ2n) is 4.70. The van der Waals surface area contributed by atoms with Crippen LogP contribution in [0, 0.1) is 20.8 Å². The van der Waals surface area contributed by atoms with Crippen LogP contribution in [0.2, 0.25) is 0 Å². The summed E-state index contributed by atoms with van der Waals surface area (Å²) in [7, 11) is 0. The third kappa shape index (κ3) is 2.23. The van der Waals surface area contributed by atoms with Gasteiger partial charge < -0.3 is 4.42 Å². The lowest BCUT2D eigenvalue weighted by Gasteiger charge is -2.07. The van der Waals surface area contributed by atoms with Gasteiger partial charge in [0.25, 0.3) is 0 Å². The van der Waals surface area contributed by atoms with Gasteiger partial charge in [0.2, 0.25) is 5.78 Å². The molecule has 2 aromatic rings. The van der Waals surface area contributed by atoms with Crippen LogP contribution >= 0.6 is 0 Å². The van der Waals surface area contributed by atoms with Gasteiger partial charge in [-0.3, -0.25) is 4.79 Å². The van der Waals surface area contributed by atoms with Gasteiger partial charge in [-0.1, -0.05) is 13.0 Å². The molecule has 1 aromatic heterocycles. The fraction of sp³-hybridized carbons (Fsp3) is 0.312. The maximum Gasteiger partial charge on any atom is 0.228 e. The lowest BCUT2D eigenvalue weighted by molar-refractivity contribution is 0.101. The van der Waals surface area contributed by atoms with Crippen LogP contribution in [0.5, 0.6) is 0 Å². The van der Waals surface area contributed by atoms with Crippen molar-refractivity contribution in [2.75, 3.05) is 0 Å². The Balaban J connectivity index is 2.42. The van der Waals surface area contributed by atoms with E-state index in [1.165, 1.54) is 5.56 Å². The number of carbonyl (C=O) groups excluding carboxylic acids is 1. The molecule has 0 unspecified atom stereocenters. The molecule has 2 nitrogen and oxygen atoms in total. The monoisotopic (exact) mass is 242 g/mol. The first-order chi connectivity index (χ1) is 8.52. The molecule has 0 aliphatic heterocycles. The summed E-state index contributed by atoms with van der Waals surface area (Å²) in [5, 5.41) is 0. The van der Waals surface area contributed by atoms with Gasteiger partial charge in [-0.25, -0.2) is 0 Å². The minimum atomic E-state index is -0.0321. The standard InChI is InChI=1S/C16H18O2/c1-5-13-6-7-15(18-13)16(17)14-9-11(3)10(2)8-12(14)4/h6-9H,5H2,1-4H3. The molecule has 18 heavy (non-hydrogen) atoms. The predicted octanol–water partition coefficient (Wildman–Crippen LogP) is 4.00. The fourth-order valence-corrected chi connectivity index (χ4v) is 2.03. The van der Waals surface area contributed by atoms with Gasteiger partial charge in [-0.15, -0.1) is 0 Å². The normalized spacial score (nSPS) is 10.7. The molecular formula is C16H18O2. The van der Waals surface area contributed by atoms with Crippen molar-refractivity contribution in [2.24, 2.45) is 0 Å². The van der Waals surface area contributed by atoms with E-state index in [4.69, 9.17) is 4.42 Å². The number of hydrogen-bond donors (Lipinski definition) is 0. The van der Waals surface area contributed by atoms with E-state index in [0.29, 0.717) is 5.76 Å². The van der Waals surface area contributed by atoms with Crippen LogP contribution in [-0.2, 0) is 6.42 Å². The van der Waals surface area contributed by atoms with Crippen LogP contribution in [0.3, 0.4) is 0 Å². The van der Waals surface area contributed by atoms with E-state index >= 15 is 0 Å². The summed E-state index contributed by atoms with van der Waals surface area (Å²) in [6.45, 7) is 8.04. The molecule has 0 aliphatic carbocycles. The van der Waals surface area contributed by atoms with Crippen molar-refractivity contribution < 1.29 is 9.21 Å². The average molecular weight is 242 g/mol. The Morgan fingerprint density at radius 3 is 2.33 bits per heavy atom. The summed E-state index contributed by atoms with van der Waals surface area (Å²) in [4.78, 5) is 12.4. The number of benzene rings is 1. The molecule has 2 heteroatoms. The number of carbonyl (C=O) groups is 1. The highest BCUT2D eigenvalue weighted by molar-refractivity contribution is 6.08. The quantitative estimate of drug-likeness (QED) is 0.761. The second-order valence-corrected chi connectivity index (χ2v) is 4.70. The van der Waals surface area contributed by atoms with Crippen LogP contribution in [0.25, 0.3) is 0 Å². The second kappa shape index (κ2) is 4.81. The molecule has 0 aliphatic rings. The highest BCUT2D eigenvalue weighted by atomic mass is 16.3. The molecule has 0 amide bonds. The maximum atomic E-state index is 12.4. The molecule has 0 radical (unpaired) electrons. The Morgan fingerprint density at radius 2 is 1.72 bits per heavy atom. The summed E-state index contributed by atoms with van der Waals surface area (Å²) in [6, 6.07) is 7.62. The molecule has 1 aromatic carbocycles. The zero-order valence-corrected chi connectivity index (χ0v) is 11.3. The van der Waals surface area contributed by atoms with Gasteiger partial charge in [0, 0.05) is 12.0 Å². The molecule has 94 valence electrons. The number of hydrogen-bond acceptors (Lipinski definition) is 2. The smallest absolute Gasteiger partial charge is 0.228 e. The average Bonchev–Trinajstić information content (AvgIpc) is 2.81. The topological polar surface area (TPSA) is 30.2 Å². The SMILES string of the molecule is CCc1ccc(C(=O)c2cc(C)c(C)cc2C)o1. The van der Waals surface area contributed by atoms with E-state index in [1.54, 1.807) is 6.07 Å². The fourth-order valence-electron chi connectivity index (χ4n) is 2.03. The van der Waals surface area contributed by atoms with Gasteiger partial charge >= 0.3 is 0 Å². The van der Waals surface area contributed by atoms with Crippen molar-refractivity contribution in [3.63, 3.8) is 0 Å². The van der Waals surface area contributed by atoms with Crippen LogP contribution in [-0.4, -0.2) is 5.78 Å². The minimum absolute atomic E-state index is 0.0321. The van der Waals surface area contributed by atoms with Crippen molar-refractivity contribution in [1.82, 2.24) is 0 Å². The zero-order valence-electron chi connectivity index (χ0n) is 11.3. The highest BCUT2D eigenvalue weighted by Crippen LogP contribution is 2.20. The summed E-state index contributed by atoms with van der Waals surface area (Å²) >= 11 is 0. The van der Waals surface area contributed by atoms with E-state index in [9.17, 15) is 4.79 Å². The predicted molar refractivity (Wildman–Crippen MR) is 72.2 cm³/mol. The van der Waals surface area contributed by atoms with E-state index in [0.717, 1.165) is 28.9 Å². The summed E-state index contributed by atoms with van der Waals surface area (Å²) < 4.78 is 5.52. The van der Waals surface area contributed by atoms with E-state index in [1.807, 2.05) is 39.0 Å². The van der Waals surface area contributed by atoms with Crippen molar-refractivity contribution in [1.29, 1.82) is 0 Å². The van der Waals surface area contributed by atoms with Gasteiger partial charge in [-0.2, -0.15) is 0 Å². The molecule has 0 spiro atoms. The summed E-state index contributed by atoms with van der Waals surface area (Å²) in [6.07, 6.45) is 0.805. The van der Waals surface area contributed by atoms with Gasteiger partial charge in [0.1, 0.15) is 5.76 Å². The maximum absolute atomic E-state index is 12.4. The third-order valence-corrected chi connectivity index (χ3v) is 3.32. The molecule has 0 saturated carbocycles. The molecule has 2 rings (SSSR count). The molecule has 0 bridgehead atoms. The number of rotatable bonds is 3. The molecular weight excluding hydrogens is 224 g/mol. The Labute approximate surface area is 108 Å². The number of ketones is 1. The Bertz CT molecular complexity index is 591. The first-order valence-corrected chi connectivity index (χ1v) is 6.24. The van der Waals surface area contributed by atoms with Gasteiger partial charge in [0.15, 0.2) is 5.76 Å². The summed E-state index contributed by atoms with van der Waals surface area (Å²) in [5.41, 5.74) is 4.07. The van der Waals surface area contributed by atoms with Crippen molar-refractivity contribution in [2.45, 2.75) is 34.1 Å². The molecule has 0 atom stereocenters. The first-order valence-electron chi connectivity index (χ1n) is 6.24. The van der Waals surface area contributed by atoms with Gasteiger partial charge in [0.05, 0.1) is 0 Å². The van der Waals surface area contributed by atoms with Crippen LogP contribution in [0.1, 0.15) is 45.5 Å². The van der Waals surface area contributed by atoms with Gasteiger partial charge in [-0.05, 0) is 55.7 Å².